The van der Waals surface area contributed by atoms with Crippen molar-refractivity contribution in [2.45, 2.75) is 25.2 Å². The van der Waals surface area contributed by atoms with Crippen LogP contribution in [-0.2, 0) is 4.74 Å². The average Bonchev–Trinajstić information content (AvgIpc) is 2.99. The molecule has 3 heterocycles. The number of fused-ring (bicyclic) bond motifs is 1. The topological polar surface area (TPSA) is 109 Å². The summed E-state index contributed by atoms with van der Waals surface area (Å²) in [5, 5.41) is 26.0. The van der Waals surface area contributed by atoms with Gasteiger partial charge in [0.1, 0.15) is 12.6 Å². The molecule has 0 radical (unpaired) electrons. The summed E-state index contributed by atoms with van der Waals surface area (Å²) < 4.78 is 7.98. The van der Waals surface area contributed by atoms with Crippen molar-refractivity contribution in [1.29, 1.82) is 5.41 Å². The highest BCUT2D eigenvalue weighted by Crippen LogP contribution is 2.29. The molecule has 0 unspecified atom stereocenters. The zero-order valence-corrected chi connectivity index (χ0v) is 9.52. The molecule has 1 aliphatic heterocycles. The van der Waals surface area contributed by atoms with E-state index in [1.54, 1.807) is 10.9 Å². The summed E-state index contributed by atoms with van der Waals surface area (Å²) in [7, 11) is 0. The van der Waals surface area contributed by atoms with Crippen LogP contribution in [0.3, 0.4) is 0 Å². The smallest absolute Gasteiger partial charge is 0.192 e. The summed E-state index contributed by atoms with van der Waals surface area (Å²) in [6, 6.07) is 0. The van der Waals surface area contributed by atoms with Gasteiger partial charge in [0.05, 0.1) is 19.0 Å². The van der Waals surface area contributed by atoms with E-state index in [1.165, 1.54) is 0 Å². The van der Waals surface area contributed by atoms with E-state index in [1.807, 2.05) is 0 Å². The first-order valence-corrected chi connectivity index (χ1v) is 5.65. The highest BCUT2D eigenvalue weighted by atomic mass is 16.5. The van der Waals surface area contributed by atoms with Crippen LogP contribution >= 0.6 is 0 Å². The molecule has 2 aromatic rings. The van der Waals surface area contributed by atoms with E-state index in [0.717, 1.165) is 19.2 Å². The molecule has 1 aliphatic rings. The molecule has 0 bridgehead atoms. The molecule has 0 aromatic carbocycles. The maximum atomic E-state index is 9.33. The Morgan fingerprint density at radius 3 is 2.94 bits per heavy atom. The first-order chi connectivity index (χ1) is 8.70. The first kappa shape index (κ1) is 11.2. The molecule has 3 N–H and O–H groups in total. The lowest BCUT2D eigenvalue weighted by Crippen LogP contribution is -2.19. The molecule has 2 atom stereocenters. The summed E-state index contributed by atoms with van der Waals surface area (Å²) in [4.78, 5) is 8.11. The molecule has 1 saturated heterocycles. The Hall–Kier alpha value is -1.93. The fraction of sp³-hybridized carbons (Fsp3) is 0.500. The van der Waals surface area contributed by atoms with Crippen molar-refractivity contribution < 1.29 is 15.1 Å². The van der Waals surface area contributed by atoms with Crippen molar-refractivity contribution in [3.8, 4) is 0 Å². The van der Waals surface area contributed by atoms with E-state index in [9.17, 15) is 5.21 Å². The monoisotopic (exact) mass is 251 g/mol. The highest BCUT2D eigenvalue weighted by molar-refractivity contribution is 5.68. The number of hydrogen-bond acceptors (Lipinski definition) is 6. The number of hydrogen-bond donors (Lipinski definition) is 3. The summed E-state index contributed by atoms with van der Waals surface area (Å²) in [6.45, 7) is -0.00308. The Morgan fingerprint density at radius 2 is 2.22 bits per heavy atom. The fourth-order valence-corrected chi connectivity index (χ4v) is 2.16. The Balaban J connectivity index is 2.04. The van der Waals surface area contributed by atoms with E-state index in [0.29, 0.717) is 15.9 Å². The molecule has 8 heteroatoms. The standard InChI is InChI=1S/C10H13N5O3/c11-9-8-10(13-5-15(9)17)14(4-12-8)7-2-1-6(3-16)18-7/h4-7,11,16-17H,1-3H2/t6-,7+/m0/s1. The van der Waals surface area contributed by atoms with Gasteiger partial charge in [0.2, 0.25) is 0 Å². The van der Waals surface area contributed by atoms with Gasteiger partial charge < -0.3 is 15.1 Å². The highest BCUT2D eigenvalue weighted by Gasteiger charge is 2.27. The number of aliphatic hydroxyl groups is 1. The van der Waals surface area contributed by atoms with Crippen molar-refractivity contribution in [1.82, 2.24) is 19.3 Å². The van der Waals surface area contributed by atoms with Crippen LogP contribution in [0.1, 0.15) is 19.1 Å². The van der Waals surface area contributed by atoms with Gasteiger partial charge >= 0.3 is 0 Å². The minimum atomic E-state index is -0.228. The lowest BCUT2D eigenvalue weighted by atomic mass is 10.2. The van der Waals surface area contributed by atoms with Crippen molar-refractivity contribution in [3.05, 3.63) is 18.1 Å². The molecular formula is C10H13N5O3. The number of aromatic nitrogens is 4. The number of ether oxygens (including phenoxy) is 1. The van der Waals surface area contributed by atoms with Crippen LogP contribution in [0.15, 0.2) is 12.7 Å². The first-order valence-electron chi connectivity index (χ1n) is 5.65. The maximum absolute atomic E-state index is 9.33. The molecule has 0 amide bonds. The van der Waals surface area contributed by atoms with Gasteiger partial charge in [-0.2, -0.15) is 4.73 Å². The molecule has 0 spiro atoms. The summed E-state index contributed by atoms with van der Waals surface area (Å²) in [5.41, 5.74) is 0.695. The zero-order valence-electron chi connectivity index (χ0n) is 9.52. The van der Waals surface area contributed by atoms with Crippen LogP contribution in [0.2, 0.25) is 0 Å². The Labute approximate surface area is 102 Å². The fourth-order valence-electron chi connectivity index (χ4n) is 2.16. The predicted molar refractivity (Wildman–Crippen MR) is 58.8 cm³/mol. The molecule has 0 aliphatic carbocycles. The van der Waals surface area contributed by atoms with Crippen LogP contribution in [0, 0.1) is 5.41 Å². The molecule has 96 valence electrons. The van der Waals surface area contributed by atoms with Crippen LogP contribution in [0.25, 0.3) is 11.2 Å². The Bertz CT molecular complexity index is 634. The van der Waals surface area contributed by atoms with E-state index in [2.05, 4.69) is 9.97 Å². The average molecular weight is 251 g/mol. The number of nitrogens with one attached hydrogen (secondary N) is 1. The second-order valence-electron chi connectivity index (χ2n) is 4.23. The third-order valence-electron chi connectivity index (χ3n) is 3.11. The second kappa shape index (κ2) is 4.07. The summed E-state index contributed by atoms with van der Waals surface area (Å²) in [5.74, 6) is 0. The van der Waals surface area contributed by atoms with E-state index in [-0.39, 0.29) is 24.4 Å². The summed E-state index contributed by atoms with van der Waals surface area (Å²) >= 11 is 0. The molecule has 0 saturated carbocycles. The van der Waals surface area contributed by atoms with Crippen LogP contribution in [0.5, 0.6) is 0 Å². The van der Waals surface area contributed by atoms with E-state index < -0.39 is 0 Å². The van der Waals surface area contributed by atoms with E-state index in [4.69, 9.17) is 15.3 Å². The van der Waals surface area contributed by atoms with Gasteiger partial charge in [0.25, 0.3) is 0 Å². The van der Waals surface area contributed by atoms with Gasteiger partial charge in [-0.25, -0.2) is 9.97 Å². The number of rotatable bonds is 2. The quantitative estimate of drug-likeness (QED) is 0.630. The third-order valence-corrected chi connectivity index (χ3v) is 3.11. The normalized spacial score (nSPS) is 23.8. The summed E-state index contributed by atoms with van der Waals surface area (Å²) in [6.07, 6.45) is 3.85. The Morgan fingerprint density at radius 1 is 1.39 bits per heavy atom. The third kappa shape index (κ3) is 1.57. The minimum Gasteiger partial charge on any atom is -0.425 e. The second-order valence-corrected chi connectivity index (χ2v) is 4.23. The van der Waals surface area contributed by atoms with E-state index >= 15 is 0 Å². The molecular weight excluding hydrogens is 238 g/mol. The van der Waals surface area contributed by atoms with Crippen molar-refractivity contribution in [3.63, 3.8) is 0 Å². The van der Waals surface area contributed by atoms with Gasteiger partial charge in [-0.3, -0.25) is 9.98 Å². The zero-order chi connectivity index (χ0) is 12.7. The van der Waals surface area contributed by atoms with Crippen LogP contribution < -0.4 is 5.49 Å². The van der Waals surface area contributed by atoms with Crippen molar-refractivity contribution >= 4 is 11.2 Å². The lowest BCUT2D eigenvalue weighted by Gasteiger charge is -2.13. The minimum absolute atomic E-state index is 0.00308. The molecule has 18 heavy (non-hydrogen) atoms. The van der Waals surface area contributed by atoms with Gasteiger partial charge in [0.15, 0.2) is 16.7 Å². The lowest BCUT2D eigenvalue weighted by molar-refractivity contribution is -0.0207. The van der Waals surface area contributed by atoms with Crippen LogP contribution in [0.4, 0.5) is 0 Å². The largest absolute Gasteiger partial charge is 0.425 e. The van der Waals surface area contributed by atoms with Gasteiger partial charge in [-0.1, -0.05) is 0 Å². The van der Waals surface area contributed by atoms with Crippen molar-refractivity contribution in [2.24, 2.45) is 0 Å². The van der Waals surface area contributed by atoms with Crippen molar-refractivity contribution in [2.75, 3.05) is 6.61 Å². The van der Waals surface area contributed by atoms with Gasteiger partial charge in [-0.05, 0) is 12.8 Å². The molecule has 3 rings (SSSR count). The van der Waals surface area contributed by atoms with Gasteiger partial charge in [0, 0.05) is 0 Å². The molecule has 1 fully saturated rings. The maximum Gasteiger partial charge on any atom is 0.192 e. The molecule has 2 aromatic heterocycles. The molecule has 8 nitrogen and oxygen atoms in total. The van der Waals surface area contributed by atoms with Crippen LogP contribution in [-0.4, -0.2) is 42.3 Å². The number of nitrogens with zero attached hydrogens (tertiary/aromatic N) is 4. The number of imidazole rings is 1. The SMILES string of the molecule is N=c1c2ncn([C@H]3CC[C@@H](CO)O3)c2ncn1O. The van der Waals surface area contributed by atoms with Gasteiger partial charge in [-0.15, -0.1) is 0 Å². The number of aliphatic hydroxyl groups excluding tert-OH is 1. The predicted octanol–water partition coefficient (Wildman–Crippen LogP) is -0.381. The Kier molecular flexibility index (Phi) is 2.53.